The number of carbonyl (C=O) groups is 2. The molecule has 8 heteroatoms. The van der Waals surface area contributed by atoms with Gasteiger partial charge in [0.25, 0.3) is 0 Å². The molecule has 2 aromatic rings. The standard InChI is InChI=1S/C29H42N2O5S/c1-6-20-27(34)18(3)9-7-8-17(2)10-12-22(36-26(33)15-24(32)29(4,5)28(20)35)19-11-13-23-21(14-19)31-25(16-30)37-23/h10-11,13-14,18,20,22,24,27,32,34H,6-9,12,15-16,30H2,1-5H3/b17-10-. The highest BCUT2D eigenvalue weighted by molar-refractivity contribution is 7.18. The predicted octanol–water partition coefficient (Wildman–Crippen LogP) is 5.23. The first-order valence-corrected chi connectivity index (χ1v) is 14.1. The molecule has 0 spiro atoms. The molecular formula is C29H42N2O5S. The average molecular weight is 531 g/mol. The SMILES string of the molecule is CCC1C(=O)C(C)(C)C(O)CC(=O)OC(c2ccc3sc(CN)nc3c2)C/C=C(/C)CCCC(C)C1O. The Hall–Kier alpha value is -2.13. The maximum atomic E-state index is 13.5. The molecule has 204 valence electrons. The zero-order valence-electron chi connectivity index (χ0n) is 22.7. The van der Waals surface area contributed by atoms with Crippen LogP contribution in [0.2, 0.25) is 0 Å². The third kappa shape index (κ3) is 7.05. The average Bonchev–Trinajstić information content (AvgIpc) is 3.28. The van der Waals surface area contributed by atoms with E-state index in [1.165, 1.54) is 5.57 Å². The first-order chi connectivity index (χ1) is 17.5. The second kappa shape index (κ2) is 12.6. The van der Waals surface area contributed by atoms with E-state index < -0.39 is 35.6 Å². The van der Waals surface area contributed by atoms with Crippen molar-refractivity contribution in [2.24, 2.45) is 23.0 Å². The van der Waals surface area contributed by atoms with Crippen LogP contribution in [0.1, 0.15) is 89.8 Å². The summed E-state index contributed by atoms with van der Waals surface area (Å²) >= 11 is 1.54. The smallest absolute Gasteiger partial charge is 0.309 e. The third-order valence-corrected chi connectivity index (χ3v) is 8.85. The van der Waals surface area contributed by atoms with E-state index in [-0.39, 0.29) is 18.1 Å². The number of ketones is 1. The first-order valence-electron chi connectivity index (χ1n) is 13.3. The van der Waals surface area contributed by atoms with Crippen LogP contribution in [0.25, 0.3) is 10.2 Å². The number of cyclic esters (lactones) is 1. The Morgan fingerprint density at radius 2 is 1.97 bits per heavy atom. The number of hydrogen-bond acceptors (Lipinski definition) is 8. The minimum atomic E-state index is -1.23. The minimum absolute atomic E-state index is 0.0523. The molecule has 0 amide bonds. The van der Waals surface area contributed by atoms with Crippen LogP contribution in [0.3, 0.4) is 0 Å². The molecule has 0 aliphatic carbocycles. The van der Waals surface area contributed by atoms with E-state index in [0.29, 0.717) is 19.4 Å². The number of fused-ring (bicyclic) bond motifs is 1. The minimum Gasteiger partial charge on any atom is -0.457 e. The highest BCUT2D eigenvalue weighted by Gasteiger charge is 2.43. The molecule has 2 heterocycles. The number of esters is 1. The predicted molar refractivity (Wildman–Crippen MR) is 147 cm³/mol. The first kappa shape index (κ1) is 29.4. The lowest BCUT2D eigenvalue weighted by molar-refractivity contribution is -0.156. The molecule has 4 N–H and O–H groups in total. The van der Waals surface area contributed by atoms with Gasteiger partial charge in [-0.1, -0.05) is 45.4 Å². The summed E-state index contributed by atoms with van der Waals surface area (Å²) in [5.41, 5.74) is 7.37. The lowest BCUT2D eigenvalue weighted by Crippen LogP contribution is -2.46. The monoisotopic (exact) mass is 530 g/mol. The quantitative estimate of drug-likeness (QED) is 0.367. The summed E-state index contributed by atoms with van der Waals surface area (Å²) in [6.07, 6.45) is 2.71. The fraction of sp³-hybridized carbons (Fsp3) is 0.621. The zero-order valence-corrected chi connectivity index (χ0v) is 23.5. The Morgan fingerprint density at radius 1 is 1.24 bits per heavy atom. The van der Waals surface area contributed by atoms with Gasteiger partial charge in [-0.3, -0.25) is 9.59 Å². The number of Topliss-reactive ketones (excluding diaryl/α,β-unsaturated/α-hetero) is 1. The molecule has 7 nitrogen and oxygen atoms in total. The van der Waals surface area contributed by atoms with Gasteiger partial charge in [0, 0.05) is 18.9 Å². The van der Waals surface area contributed by atoms with Gasteiger partial charge in [-0.15, -0.1) is 11.3 Å². The Bertz CT molecular complexity index is 1120. The third-order valence-electron chi connectivity index (χ3n) is 7.79. The molecule has 1 aliphatic rings. The number of aliphatic hydroxyl groups excluding tert-OH is 2. The van der Waals surface area contributed by atoms with Crippen LogP contribution in [-0.2, 0) is 20.9 Å². The van der Waals surface area contributed by atoms with Crippen LogP contribution in [0.4, 0.5) is 0 Å². The number of aliphatic hydroxyl groups is 2. The van der Waals surface area contributed by atoms with Crippen molar-refractivity contribution < 1.29 is 24.5 Å². The number of aromatic nitrogens is 1. The number of rotatable bonds is 3. The number of thiazole rings is 1. The van der Waals surface area contributed by atoms with E-state index >= 15 is 0 Å². The molecule has 0 radical (unpaired) electrons. The van der Waals surface area contributed by atoms with E-state index in [0.717, 1.165) is 40.1 Å². The van der Waals surface area contributed by atoms with Gasteiger partial charge in [-0.25, -0.2) is 4.98 Å². The zero-order chi connectivity index (χ0) is 27.3. The van der Waals surface area contributed by atoms with E-state index in [4.69, 9.17) is 10.5 Å². The van der Waals surface area contributed by atoms with Crippen molar-refractivity contribution in [2.45, 2.75) is 98.0 Å². The van der Waals surface area contributed by atoms with Crippen LogP contribution in [-0.4, -0.2) is 39.2 Å². The second-order valence-corrected chi connectivity index (χ2v) is 12.1. The van der Waals surface area contributed by atoms with Gasteiger partial charge in [0.2, 0.25) is 0 Å². The van der Waals surface area contributed by atoms with Gasteiger partial charge in [-0.2, -0.15) is 0 Å². The van der Waals surface area contributed by atoms with Crippen molar-refractivity contribution in [1.29, 1.82) is 0 Å². The number of nitrogens with zero attached hydrogens (tertiary/aromatic N) is 1. The van der Waals surface area contributed by atoms with Crippen molar-refractivity contribution in [1.82, 2.24) is 4.98 Å². The van der Waals surface area contributed by atoms with Crippen molar-refractivity contribution in [2.75, 3.05) is 0 Å². The number of ether oxygens (including phenoxy) is 1. The summed E-state index contributed by atoms with van der Waals surface area (Å²) in [4.78, 5) is 31.1. The molecule has 3 rings (SSSR count). The molecule has 0 fully saturated rings. The fourth-order valence-electron chi connectivity index (χ4n) is 5.06. The Kier molecular flexibility index (Phi) is 10.0. The number of allylic oxidation sites excluding steroid dienone is 1. The van der Waals surface area contributed by atoms with Crippen LogP contribution in [0.5, 0.6) is 0 Å². The Labute approximate surface area is 224 Å². The molecule has 1 aliphatic heterocycles. The van der Waals surface area contributed by atoms with Crippen LogP contribution in [0, 0.1) is 17.3 Å². The van der Waals surface area contributed by atoms with Crippen molar-refractivity contribution >= 4 is 33.3 Å². The van der Waals surface area contributed by atoms with Gasteiger partial charge in [0.05, 0.1) is 34.3 Å². The van der Waals surface area contributed by atoms with Crippen molar-refractivity contribution in [3.05, 3.63) is 40.4 Å². The summed E-state index contributed by atoms with van der Waals surface area (Å²) in [5, 5.41) is 22.8. The number of carbonyl (C=O) groups excluding carboxylic acids is 2. The Morgan fingerprint density at radius 3 is 2.65 bits per heavy atom. The molecule has 37 heavy (non-hydrogen) atoms. The number of hydrogen-bond donors (Lipinski definition) is 3. The largest absolute Gasteiger partial charge is 0.457 e. The Balaban J connectivity index is 1.93. The van der Waals surface area contributed by atoms with Crippen molar-refractivity contribution in [3.8, 4) is 0 Å². The number of nitrogens with two attached hydrogens (primary N) is 1. The molecule has 1 aromatic carbocycles. The van der Waals surface area contributed by atoms with E-state index in [1.807, 2.05) is 32.0 Å². The molecule has 5 unspecified atom stereocenters. The van der Waals surface area contributed by atoms with Gasteiger partial charge in [-0.05, 0) is 56.2 Å². The lowest BCUT2D eigenvalue weighted by Gasteiger charge is -2.35. The summed E-state index contributed by atoms with van der Waals surface area (Å²) in [6.45, 7) is 9.57. The molecule has 1 aromatic heterocycles. The summed E-state index contributed by atoms with van der Waals surface area (Å²) < 4.78 is 6.93. The lowest BCUT2D eigenvalue weighted by atomic mass is 9.71. The summed E-state index contributed by atoms with van der Waals surface area (Å²) in [7, 11) is 0. The maximum Gasteiger partial charge on any atom is 0.309 e. The second-order valence-electron chi connectivity index (χ2n) is 11.0. The van der Waals surface area contributed by atoms with Crippen LogP contribution >= 0.6 is 11.3 Å². The van der Waals surface area contributed by atoms with Gasteiger partial charge >= 0.3 is 5.97 Å². The maximum absolute atomic E-state index is 13.5. The summed E-state index contributed by atoms with van der Waals surface area (Å²) in [5.74, 6) is -1.45. The van der Waals surface area contributed by atoms with Gasteiger partial charge < -0.3 is 20.7 Å². The van der Waals surface area contributed by atoms with Gasteiger partial charge in [0.15, 0.2) is 0 Å². The van der Waals surface area contributed by atoms with E-state index in [1.54, 1.807) is 25.2 Å². The molecule has 0 bridgehead atoms. The van der Waals surface area contributed by atoms with E-state index in [9.17, 15) is 19.8 Å². The summed E-state index contributed by atoms with van der Waals surface area (Å²) in [6, 6.07) is 5.85. The molecule has 0 saturated carbocycles. The molecular weight excluding hydrogens is 488 g/mol. The topological polar surface area (TPSA) is 123 Å². The van der Waals surface area contributed by atoms with Crippen molar-refractivity contribution in [3.63, 3.8) is 0 Å². The highest BCUT2D eigenvalue weighted by atomic mass is 32.1. The highest BCUT2D eigenvalue weighted by Crippen LogP contribution is 2.35. The molecule has 0 saturated heterocycles. The number of benzene rings is 1. The van der Waals surface area contributed by atoms with Crippen LogP contribution in [0.15, 0.2) is 29.8 Å². The molecule has 5 atom stereocenters. The van der Waals surface area contributed by atoms with Gasteiger partial charge in [0.1, 0.15) is 16.9 Å². The van der Waals surface area contributed by atoms with E-state index in [2.05, 4.69) is 18.0 Å². The van der Waals surface area contributed by atoms with Crippen LogP contribution < -0.4 is 5.73 Å². The fourth-order valence-corrected chi connectivity index (χ4v) is 5.88. The normalized spacial score (nSPS) is 30.1.